The predicted octanol–water partition coefficient (Wildman–Crippen LogP) is 6.07. The van der Waals surface area contributed by atoms with Crippen LogP contribution < -0.4 is 5.32 Å². The van der Waals surface area contributed by atoms with Gasteiger partial charge in [0.15, 0.2) is 0 Å². The summed E-state index contributed by atoms with van der Waals surface area (Å²) in [7, 11) is 0. The van der Waals surface area contributed by atoms with E-state index >= 15 is 0 Å². The van der Waals surface area contributed by atoms with E-state index in [2.05, 4.69) is 55.6 Å². The molecule has 0 fully saturated rings. The second-order valence-corrected chi connectivity index (χ2v) is 8.36. The molecule has 1 amide bonds. The number of carbonyl (C=O) groups excluding carboxylic acids is 1. The van der Waals surface area contributed by atoms with Gasteiger partial charge in [0.25, 0.3) is 5.91 Å². The molecule has 0 saturated carbocycles. The summed E-state index contributed by atoms with van der Waals surface area (Å²) >= 11 is 0. The zero-order valence-corrected chi connectivity index (χ0v) is 18.1. The van der Waals surface area contributed by atoms with Crippen molar-refractivity contribution in [2.75, 3.05) is 6.54 Å². The minimum Gasteiger partial charge on any atom is -0.352 e. The van der Waals surface area contributed by atoms with Crippen LogP contribution in [0.5, 0.6) is 0 Å². The Morgan fingerprint density at radius 1 is 0.871 bits per heavy atom. The van der Waals surface area contributed by atoms with E-state index in [9.17, 15) is 4.79 Å². The molecule has 0 radical (unpaired) electrons. The summed E-state index contributed by atoms with van der Waals surface area (Å²) in [5.74, 6) is 0.558. The highest BCUT2D eigenvalue weighted by Gasteiger charge is 2.14. The number of hydrogen-bond acceptors (Lipinski definition) is 2. The molecule has 1 heterocycles. The lowest BCUT2D eigenvalue weighted by atomic mass is 9.99. The molecule has 0 atom stereocenters. The highest BCUT2D eigenvalue weighted by molar-refractivity contribution is 6.07. The maximum absolute atomic E-state index is 13.1. The lowest BCUT2D eigenvalue weighted by Crippen LogP contribution is -2.26. The van der Waals surface area contributed by atoms with Crippen molar-refractivity contribution in [3.63, 3.8) is 0 Å². The van der Waals surface area contributed by atoms with Gasteiger partial charge in [0.05, 0.1) is 16.8 Å². The Morgan fingerprint density at radius 2 is 1.58 bits per heavy atom. The summed E-state index contributed by atoms with van der Waals surface area (Å²) in [4.78, 5) is 17.9. The molecule has 31 heavy (non-hydrogen) atoms. The van der Waals surface area contributed by atoms with Crippen LogP contribution in [0.2, 0.25) is 0 Å². The molecule has 0 aliphatic rings. The Labute approximate surface area is 184 Å². The van der Waals surface area contributed by atoms with Gasteiger partial charge in [-0.25, -0.2) is 4.98 Å². The first-order chi connectivity index (χ1) is 15.1. The number of pyridine rings is 1. The average Bonchev–Trinajstić information content (AvgIpc) is 2.79. The number of hydrogen-bond donors (Lipinski definition) is 1. The Kier molecular flexibility index (Phi) is 6.42. The van der Waals surface area contributed by atoms with Crippen molar-refractivity contribution < 1.29 is 4.79 Å². The van der Waals surface area contributed by atoms with Crippen molar-refractivity contribution in [1.29, 1.82) is 0 Å². The highest BCUT2D eigenvalue weighted by Crippen LogP contribution is 2.25. The van der Waals surface area contributed by atoms with E-state index < -0.39 is 0 Å². The summed E-state index contributed by atoms with van der Waals surface area (Å²) in [6, 6.07) is 28.5. The maximum atomic E-state index is 13.1. The molecule has 4 aromatic rings. The summed E-state index contributed by atoms with van der Waals surface area (Å²) in [6.45, 7) is 5.04. The van der Waals surface area contributed by atoms with E-state index in [4.69, 9.17) is 4.98 Å². The van der Waals surface area contributed by atoms with Crippen LogP contribution >= 0.6 is 0 Å². The third-order valence-electron chi connectivity index (χ3n) is 5.40. The number of benzene rings is 3. The van der Waals surface area contributed by atoms with Gasteiger partial charge in [0.1, 0.15) is 0 Å². The Balaban J connectivity index is 1.59. The molecule has 1 aromatic heterocycles. The normalized spacial score (nSPS) is 11.1. The first-order valence-corrected chi connectivity index (χ1v) is 10.9. The van der Waals surface area contributed by atoms with E-state index in [1.165, 1.54) is 11.1 Å². The summed E-state index contributed by atoms with van der Waals surface area (Å²) < 4.78 is 0. The van der Waals surface area contributed by atoms with Gasteiger partial charge in [-0.2, -0.15) is 0 Å². The Hall–Kier alpha value is -3.46. The molecule has 0 bridgehead atoms. The van der Waals surface area contributed by atoms with Crippen molar-refractivity contribution in [2.24, 2.45) is 5.92 Å². The van der Waals surface area contributed by atoms with Gasteiger partial charge in [-0.15, -0.1) is 0 Å². The van der Waals surface area contributed by atoms with Crippen LogP contribution in [0.1, 0.15) is 35.3 Å². The topological polar surface area (TPSA) is 42.0 Å². The SMILES string of the molecule is CC(C)Cc1ccc(-c2cc(C(=O)NCCc3ccccc3)c3ccccc3n2)cc1. The summed E-state index contributed by atoms with van der Waals surface area (Å²) in [6.07, 6.45) is 1.86. The Morgan fingerprint density at radius 3 is 2.32 bits per heavy atom. The lowest BCUT2D eigenvalue weighted by Gasteiger charge is -2.11. The number of para-hydroxylation sites is 1. The van der Waals surface area contributed by atoms with E-state index in [-0.39, 0.29) is 5.91 Å². The first-order valence-electron chi connectivity index (χ1n) is 10.9. The largest absolute Gasteiger partial charge is 0.352 e. The van der Waals surface area contributed by atoms with Gasteiger partial charge >= 0.3 is 0 Å². The van der Waals surface area contributed by atoms with Gasteiger partial charge in [-0.3, -0.25) is 4.79 Å². The number of nitrogens with zero attached hydrogens (tertiary/aromatic N) is 1. The van der Waals surface area contributed by atoms with Crippen LogP contribution in [0.4, 0.5) is 0 Å². The minimum atomic E-state index is -0.0628. The summed E-state index contributed by atoms with van der Waals surface area (Å²) in [5, 5.41) is 3.96. The molecule has 3 nitrogen and oxygen atoms in total. The van der Waals surface area contributed by atoms with Crippen LogP contribution in [-0.4, -0.2) is 17.4 Å². The van der Waals surface area contributed by atoms with E-state index in [1.807, 2.05) is 48.5 Å². The lowest BCUT2D eigenvalue weighted by molar-refractivity contribution is 0.0955. The standard InChI is InChI=1S/C28H28N2O/c1-20(2)18-22-12-14-23(15-13-22)27-19-25(24-10-6-7-11-26(24)30-27)28(31)29-17-16-21-8-4-3-5-9-21/h3-15,19-20H,16-18H2,1-2H3,(H,29,31). The highest BCUT2D eigenvalue weighted by atomic mass is 16.1. The van der Waals surface area contributed by atoms with Gasteiger partial charge in [-0.05, 0) is 42.0 Å². The summed E-state index contributed by atoms with van der Waals surface area (Å²) in [5.41, 5.74) is 5.88. The quantitative estimate of drug-likeness (QED) is 0.403. The van der Waals surface area contributed by atoms with E-state index in [1.54, 1.807) is 0 Å². The molecule has 156 valence electrons. The van der Waals surface area contributed by atoms with E-state index in [0.717, 1.165) is 35.0 Å². The fourth-order valence-corrected chi connectivity index (χ4v) is 3.85. The van der Waals surface area contributed by atoms with Gasteiger partial charge < -0.3 is 5.32 Å². The molecular weight excluding hydrogens is 380 g/mol. The molecule has 3 aromatic carbocycles. The van der Waals surface area contributed by atoms with Crippen LogP contribution in [0.15, 0.2) is 84.9 Å². The van der Waals surface area contributed by atoms with Crippen LogP contribution in [0, 0.1) is 5.92 Å². The van der Waals surface area contributed by atoms with E-state index in [0.29, 0.717) is 18.0 Å². The number of carbonyl (C=O) groups is 1. The third-order valence-corrected chi connectivity index (χ3v) is 5.40. The van der Waals surface area contributed by atoms with Crippen molar-refractivity contribution >= 4 is 16.8 Å². The zero-order chi connectivity index (χ0) is 21.6. The van der Waals surface area contributed by atoms with Gasteiger partial charge in [0.2, 0.25) is 0 Å². The van der Waals surface area contributed by atoms with Crippen molar-refractivity contribution in [1.82, 2.24) is 10.3 Å². The molecule has 3 heteroatoms. The molecular formula is C28H28N2O. The van der Waals surface area contributed by atoms with Crippen LogP contribution in [0.25, 0.3) is 22.2 Å². The number of fused-ring (bicyclic) bond motifs is 1. The van der Waals surface area contributed by atoms with Crippen molar-refractivity contribution in [3.8, 4) is 11.3 Å². The van der Waals surface area contributed by atoms with Crippen LogP contribution in [-0.2, 0) is 12.8 Å². The molecule has 0 aliphatic heterocycles. The van der Waals surface area contributed by atoms with Gasteiger partial charge in [0, 0.05) is 17.5 Å². The second kappa shape index (κ2) is 9.57. The monoisotopic (exact) mass is 408 g/mol. The smallest absolute Gasteiger partial charge is 0.252 e. The third kappa shape index (κ3) is 5.18. The number of amides is 1. The molecule has 0 spiro atoms. The van der Waals surface area contributed by atoms with Crippen molar-refractivity contribution in [3.05, 3.63) is 102 Å². The van der Waals surface area contributed by atoms with Gasteiger partial charge in [-0.1, -0.05) is 86.6 Å². The van der Waals surface area contributed by atoms with Crippen molar-refractivity contribution in [2.45, 2.75) is 26.7 Å². The maximum Gasteiger partial charge on any atom is 0.252 e. The number of rotatable bonds is 7. The second-order valence-electron chi connectivity index (χ2n) is 8.36. The zero-order valence-electron chi connectivity index (χ0n) is 18.1. The molecule has 1 N–H and O–H groups in total. The average molecular weight is 409 g/mol. The fourth-order valence-electron chi connectivity index (χ4n) is 3.85. The first kappa shape index (κ1) is 20.8. The number of nitrogens with one attached hydrogen (secondary N) is 1. The Bertz CT molecular complexity index is 1160. The fraction of sp³-hybridized carbons (Fsp3) is 0.214. The van der Waals surface area contributed by atoms with Crippen LogP contribution in [0.3, 0.4) is 0 Å². The molecule has 4 rings (SSSR count). The molecule has 0 saturated heterocycles. The molecule has 0 unspecified atom stereocenters. The molecule has 0 aliphatic carbocycles. The predicted molar refractivity (Wildman–Crippen MR) is 128 cm³/mol. The number of aromatic nitrogens is 1. The minimum absolute atomic E-state index is 0.0628.